The molecule has 20 heavy (non-hydrogen) atoms. The minimum absolute atomic E-state index is 0.0323. The summed E-state index contributed by atoms with van der Waals surface area (Å²) >= 11 is 1.84. The fraction of sp³-hybridized carbons (Fsp3) is 0.571. The average Bonchev–Trinajstić information content (AvgIpc) is 2.38. The second-order valence-corrected chi connectivity index (χ2v) is 6.21. The van der Waals surface area contributed by atoms with Gasteiger partial charge in [0.1, 0.15) is 5.69 Å². The van der Waals surface area contributed by atoms with E-state index in [0.717, 1.165) is 6.54 Å². The molecule has 0 saturated heterocycles. The summed E-state index contributed by atoms with van der Waals surface area (Å²) in [5.74, 6) is 0.328. The molecule has 0 heterocycles. The molecule has 110 valence electrons. The minimum Gasteiger partial charge on any atom is -0.487 e. The third-order valence-electron chi connectivity index (χ3n) is 3.78. The van der Waals surface area contributed by atoms with E-state index in [1.54, 1.807) is 18.2 Å². The van der Waals surface area contributed by atoms with Gasteiger partial charge in [-0.05, 0) is 38.2 Å². The Hall–Kier alpha value is -1.43. The summed E-state index contributed by atoms with van der Waals surface area (Å²) in [6.45, 7) is 2.99. The van der Waals surface area contributed by atoms with E-state index in [2.05, 4.69) is 11.6 Å². The van der Waals surface area contributed by atoms with E-state index in [1.807, 2.05) is 18.7 Å². The van der Waals surface area contributed by atoms with Gasteiger partial charge in [-0.25, -0.2) is 0 Å². The van der Waals surface area contributed by atoms with Crippen molar-refractivity contribution in [2.24, 2.45) is 0 Å². The van der Waals surface area contributed by atoms with E-state index in [-0.39, 0.29) is 15.4 Å². The molecule has 1 aromatic rings. The van der Waals surface area contributed by atoms with Gasteiger partial charge in [0.15, 0.2) is 5.75 Å². The van der Waals surface area contributed by atoms with Gasteiger partial charge in [0.2, 0.25) is 0 Å². The molecule has 1 saturated carbocycles. The third kappa shape index (κ3) is 3.00. The first kappa shape index (κ1) is 15.0. The third-order valence-corrected chi connectivity index (χ3v) is 5.20. The molecule has 0 aromatic heterocycles. The zero-order valence-electron chi connectivity index (χ0n) is 11.8. The summed E-state index contributed by atoms with van der Waals surface area (Å²) in [7, 11) is 0. The fourth-order valence-electron chi connectivity index (χ4n) is 2.41. The summed E-state index contributed by atoms with van der Waals surface area (Å²) in [5.41, 5.74) is 0.575. The standard InChI is InChI=1S/C14H20N2O3S/c1-3-19-12-7-4-6-11(13(12)16(17)18)15-10-14(20-2)8-5-9-14/h4,6-7,15H,3,5,8-10H2,1-2H3. The summed E-state index contributed by atoms with van der Waals surface area (Å²) in [5, 5.41) is 14.5. The van der Waals surface area contributed by atoms with Crippen molar-refractivity contribution in [2.45, 2.75) is 30.9 Å². The second kappa shape index (κ2) is 6.35. The number of thioether (sulfide) groups is 1. The molecule has 0 atom stereocenters. The molecule has 0 radical (unpaired) electrons. The van der Waals surface area contributed by atoms with Gasteiger partial charge in [0.25, 0.3) is 0 Å². The lowest BCUT2D eigenvalue weighted by molar-refractivity contribution is -0.384. The Morgan fingerprint density at radius 3 is 2.75 bits per heavy atom. The van der Waals surface area contributed by atoms with Crippen molar-refractivity contribution >= 4 is 23.1 Å². The summed E-state index contributed by atoms with van der Waals surface area (Å²) in [6.07, 6.45) is 5.68. The number of hydrogen-bond acceptors (Lipinski definition) is 5. The fourth-order valence-corrected chi connectivity index (χ4v) is 3.32. The molecule has 1 aromatic carbocycles. The van der Waals surface area contributed by atoms with Crippen LogP contribution in [0.1, 0.15) is 26.2 Å². The molecule has 1 N–H and O–H groups in total. The molecule has 0 unspecified atom stereocenters. The Morgan fingerprint density at radius 1 is 1.50 bits per heavy atom. The highest BCUT2D eigenvalue weighted by atomic mass is 32.2. The van der Waals surface area contributed by atoms with Crippen molar-refractivity contribution in [1.29, 1.82) is 0 Å². The number of para-hydroxylation sites is 1. The molecule has 1 aliphatic rings. The highest BCUT2D eigenvalue weighted by Crippen LogP contribution is 2.43. The molecule has 1 aliphatic carbocycles. The van der Waals surface area contributed by atoms with Crippen molar-refractivity contribution in [2.75, 3.05) is 24.7 Å². The van der Waals surface area contributed by atoms with Crippen LogP contribution in [0.3, 0.4) is 0 Å². The van der Waals surface area contributed by atoms with Gasteiger partial charge in [-0.1, -0.05) is 12.5 Å². The first-order chi connectivity index (χ1) is 9.62. The monoisotopic (exact) mass is 296 g/mol. The quantitative estimate of drug-likeness (QED) is 0.614. The number of hydrogen-bond donors (Lipinski definition) is 1. The van der Waals surface area contributed by atoms with Gasteiger partial charge in [-0.2, -0.15) is 11.8 Å². The van der Waals surface area contributed by atoms with Gasteiger partial charge in [-0.3, -0.25) is 10.1 Å². The molecule has 6 heteroatoms. The topological polar surface area (TPSA) is 64.4 Å². The van der Waals surface area contributed by atoms with Crippen LogP contribution in [0.2, 0.25) is 0 Å². The summed E-state index contributed by atoms with van der Waals surface area (Å²) in [6, 6.07) is 5.17. The highest BCUT2D eigenvalue weighted by molar-refractivity contribution is 8.00. The molecule has 0 bridgehead atoms. The lowest BCUT2D eigenvalue weighted by Crippen LogP contribution is -2.40. The number of ether oxygens (including phenoxy) is 1. The molecule has 2 rings (SSSR count). The SMILES string of the molecule is CCOc1cccc(NCC2(SC)CCC2)c1[N+](=O)[O-]. The summed E-state index contributed by atoms with van der Waals surface area (Å²) in [4.78, 5) is 10.9. The number of nitro benzene ring substituents is 1. The van der Waals surface area contributed by atoms with Crippen molar-refractivity contribution in [3.63, 3.8) is 0 Å². The smallest absolute Gasteiger partial charge is 0.333 e. The van der Waals surface area contributed by atoms with Gasteiger partial charge in [0.05, 0.1) is 11.5 Å². The van der Waals surface area contributed by atoms with Gasteiger partial charge < -0.3 is 10.1 Å². The molecule has 0 aliphatic heterocycles. The molecule has 0 spiro atoms. The van der Waals surface area contributed by atoms with E-state index in [1.165, 1.54) is 19.3 Å². The second-order valence-electron chi connectivity index (χ2n) is 4.94. The normalized spacial score (nSPS) is 16.3. The number of benzene rings is 1. The van der Waals surface area contributed by atoms with Gasteiger partial charge in [-0.15, -0.1) is 0 Å². The molecule has 5 nitrogen and oxygen atoms in total. The van der Waals surface area contributed by atoms with Crippen molar-refractivity contribution in [1.82, 2.24) is 0 Å². The van der Waals surface area contributed by atoms with Crippen LogP contribution in [-0.4, -0.2) is 29.1 Å². The van der Waals surface area contributed by atoms with Crippen LogP contribution in [0.4, 0.5) is 11.4 Å². The maximum atomic E-state index is 11.3. The van der Waals surface area contributed by atoms with E-state index < -0.39 is 0 Å². The Kier molecular flexibility index (Phi) is 4.75. The van der Waals surface area contributed by atoms with Crippen LogP contribution in [0, 0.1) is 10.1 Å². The number of rotatable bonds is 7. The lowest BCUT2D eigenvalue weighted by Gasteiger charge is -2.40. The molecular weight excluding hydrogens is 276 g/mol. The van der Waals surface area contributed by atoms with E-state index in [4.69, 9.17) is 4.74 Å². The zero-order valence-corrected chi connectivity index (χ0v) is 12.7. The Labute approximate surface area is 123 Å². The first-order valence-corrected chi connectivity index (χ1v) is 8.03. The van der Waals surface area contributed by atoms with Crippen molar-refractivity contribution in [3.8, 4) is 5.75 Å². The van der Waals surface area contributed by atoms with E-state index in [0.29, 0.717) is 18.0 Å². The van der Waals surface area contributed by atoms with E-state index >= 15 is 0 Å². The predicted molar refractivity (Wildman–Crippen MR) is 82.9 cm³/mol. The first-order valence-electron chi connectivity index (χ1n) is 6.81. The van der Waals surface area contributed by atoms with Crippen molar-refractivity contribution in [3.05, 3.63) is 28.3 Å². The average molecular weight is 296 g/mol. The molecule has 1 fully saturated rings. The Bertz CT molecular complexity index is 484. The lowest BCUT2D eigenvalue weighted by atomic mass is 9.84. The van der Waals surface area contributed by atoms with Crippen LogP contribution in [0.25, 0.3) is 0 Å². The van der Waals surface area contributed by atoms with Gasteiger partial charge in [0, 0.05) is 11.3 Å². The van der Waals surface area contributed by atoms with Crippen LogP contribution in [0.5, 0.6) is 5.75 Å². The Balaban J connectivity index is 2.18. The van der Waals surface area contributed by atoms with Gasteiger partial charge >= 0.3 is 5.69 Å². The van der Waals surface area contributed by atoms with Crippen LogP contribution in [-0.2, 0) is 0 Å². The maximum Gasteiger partial charge on any atom is 0.333 e. The number of anilines is 1. The van der Waals surface area contributed by atoms with E-state index in [9.17, 15) is 10.1 Å². The predicted octanol–water partition coefficient (Wildman–Crippen LogP) is 3.69. The molecular formula is C14H20N2O3S. The van der Waals surface area contributed by atoms with Crippen molar-refractivity contribution < 1.29 is 9.66 Å². The summed E-state index contributed by atoms with van der Waals surface area (Å²) < 4.78 is 5.58. The number of nitrogens with one attached hydrogen (secondary N) is 1. The number of nitrogens with zero attached hydrogens (tertiary/aromatic N) is 1. The van der Waals surface area contributed by atoms with Crippen LogP contribution < -0.4 is 10.1 Å². The largest absolute Gasteiger partial charge is 0.487 e. The van der Waals surface area contributed by atoms with Crippen LogP contribution >= 0.6 is 11.8 Å². The zero-order chi connectivity index (χ0) is 14.6. The highest BCUT2D eigenvalue weighted by Gasteiger charge is 2.36. The molecule has 0 amide bonds. The maximum absolute atomic E-state index is 11.3. The minimum atomic E-state index is -0.375. The Morgan fingerprint density at radius 2 is 2.25 bits per heavy atom. The van der Waals surface area contributed by atoms with Crippen LogP contribution in [0.15, 0.2) is 18.2 Å². The number of nitro groups is 1.